The van der Waals surface area contributed by atoms with Crippen molar-refractivity contribution in [2.24, 2.45) is 0 Å². The second-order valence-electron chi connectivity index (χ2n) is 6.12. The fourth-order valence-corrected chi connectivity index (χ4v) is 3.66. The van der Waals surface area contributed by atoms with Crippen LogP contribution in [0.1, 0.15) is 24.3 Å². The molecule has 21 heavy (non-hydrogen) atoms. The van der Waals surface area contributed by atoms with E-state index < -0.39 is 5.92 Å². The van der Waals surface area contributed by atoms with E-state index in [1.807, 2.05) is 30.3 Å². The summed E-state index contributed by atoms with van der Waals surface area (Å²) in [7, 11) is 0. The van der Waals surface area contributed by atoms with Gasteiger partial charge in [-0.1, -0.05) is 30.3 Å². The van der Waals surface area contributed by atoms with Crippen LogP contribution in [0.15, 0.2) is 30.3 Å². The van der Waals surface area contributed by atoms with Crippen LogP contribution in [0.5, 0.6) is 0 Å². The van der Waals surface area contributed by atoms with E-state index in [0.29, 0.717) is 24.3 Å². The molecule has 3 fully saturated rings. The molecular formula is C16H19NO4. The molecule has 0 radical (unpaired) electrons. The summed E-state index contributed by atoms with van der Waals surface area (Å²) in [6.07, 6.45) is 2.18. The van der Waals surface area contributed by atoms with Gasteiger partial charge in [-0.3, -0.25) is 4.79 Å². The van der Waals surface area contributed by atoms with Gasteiger partial charge in [0.15, 0.2) is 0 Å². The van der Waals surface area contributed by atoms with E-state index in [1.165, 1.54) is 0 Å². The summed E-state index contributed by atoms with van der Waals surface area (Å²) < 4.78 is 11.2. The van der Waals surface area contributed by atoms with E-state index in [1.54, 1.807) is 0 Å². The van der Waals surface area contributed by atoms with Crippen LogP contribution >= 0.6 is 0 Å². The summed E-state index contributed by atoms with van der Waals surface area (Å²) in [6, 6.07) is 9.93. The van der Waals surface area contributed by atoms with Gasteiger partial charge in [0.25, 0.3) is 0 Å². The van der Waals surface area contributed by atoms with E-state index >= 15 is 0 Å². The third kappa shape index (κ3) is 2.35. The number of nitrogens with one attached hydrogen (secondary N) is 1. The molecule has 1 aromatic rings. The molecule has 0 aliphatic carbocycles. The van der Waals surface area contributed by atoms with Gasteiger partial charge in [0.05, 0.1) is 6.61 Å². The molecule has 2 bridgehead atoms. The Bertz CT molecular complexity index is 518. The highest BCUT2D eigenvalue weighted by Crippen LogP contribution is 2.42. The van der Waals surface area contributed by atoms with E-state index in [9.17, 15) is 9.90 Å². The van der Waals surface area contributed by atoms with E-state index in [2.05, 4.69) is 5.32 Å². The molecular weight excluding hydrogens is 270 g/mol. The number of carbonyl (C=O) groups excluding carboxylic acids is 1. The quantitative estimate of drug-likeness (QED) is 0.626. The van der Waals surface area contributed by atoms with Gasteiger partial charge >= 0.3 is 5.97 Å². The standard InChI is InChI=1S/C16H19NO4/c18-8-11(9-4-2-1-3-5-9)16(19)20-10-6-12-14-15(21-14)13(7-10)17-12/h1-5,10-15,17-18H,6-8H2/t10?,11-,12-,13-,14-,15+/m1/s1. The molecule has 3 aliphatic heterocycles. The lowest BCUT2D eigenvalue weighted by Crippen LogP contribution is -2.47. The molecule has 1 unspecified atom stereocenters. The number of aliphatic hydroxyl groups excluding tert-OH is 1. The minimum absolute atomic E-state index is 0.0667. The number of rotatable bonds is 4. The molecule has 5 heteroatoms. The normalized spacial score (nSPS) is 37.7. The molecule has 5 nitrogen and oxygen atoms in total. The fourth-order valence-electron chi connectivity index (χ4n) is 3.66. The maximum absolute atomic E-state index is 12.3. The molecule has 0 amide bonds. The third-order valence-corrected chi connectivity index (χ3v) is 4.77. The average molecular weight is 289 g/mol. The molecule has 4 rings (SSSR count). The van der Waals surface area contributed by atoms with Gasteiger partial charge in [-0.05, 0) is 5.56 Å². The predicted octanol–water partition coefficient (Wildman–Crippen LogP) is 0.576. The van der Waals surface area contributed by atoms with E-state index in [4.69, 9.17) is 9.47 Å². The van der Waals surface area contributed by atoms with Crippen LogP contribution in [0, 0.1) is 0 Å². The fraction of sp³-hybridized carbons (Fsp3) is 0.562. The van der Waals surface area contributed by atoms with Crippen LogP contribution in [0.3, 0.4) is 0 Å². The first-order valence-corrected chi connectivity index (χ1v) is 7.54. The van der Waals surface area contributed by atoms with Crippen molar-refractivity contribution in [2.45, 2.75) is 49.2 Å². The van der Waals surface area contributed by atoms with Crippen molar-refractivity contribution in [3.8, 4) is 0 Å². The number of hydrogen-bond donors (Lipinski definition) is 2. The predicted molar refractivity (Wildman–Crippen MR) is 74.8 cm³/mol. The Hall–Kier alpha value is -1.43. The summed E-state index contributed by atoms with van der Waals surface area (Å²) in [6.45, 7) is -0.227. The Balaban J connectivity index is 1.41. The zero-order valence-electron chi connectivity index (χ0n) is 11.6. The summed E-state index contributed by atoms with van der Waals surface area (Å²) in [5.74, 6) is -0.922. The van der Waals surface area contributed by atoms with Crippen molar-refractivity contribution >= 4 is 5.97 Å². The Labute approximate surface area is 123 Å². The van der Waals surface area contributed by atoms with Crippen molar-refractivity contribution < 1.29 is 19.4 Å². The molecule has 6 atom stereocenters. The van der Waals surface area contributed by atoms with Crippen molar-refractivity contribution in [1.82, 2.24) is 5.32 Å². The average Bonchev–Trinajstić information content (AvgIpc) is 3.25. The molecule has 2 N–H and O–H groups in total. The Morgan fingerprint density at radius 1 is 1.29 bits per heavy atom. The first-order valence-electron chi connectivity index (χ1n) is 7.54. The van der Waals surface area contributed by atoms with Crippen molar-refractivity contribution in [3.05, 3.63) is 35.9 Å². The highest BCUT2D eigenvalue weighted by atomic mass is 16.6. The maximum Gasteiger partial charge on any atom is 0.316 e. The lowest BCUT2D eigenvalue weighted by molar-refractivity contribution is -0.154. The second-order valence-corrected chi connectivity index (χ2v) is 6.12. The number of esters is 1. The van der Waals surface area contributed by atoms with Gasteiger partial charge in [-0.25, -0.2) is 0 Å². The molecule has 0 aromatic heterocycles. The van der Waals surface area contributed by atoms with Gasteiger partial charge in [-0.15, -0.1) is 0 Å². The molecule has 1 aromatic carbocycles. The molecule has 3 aliphatic rings. The van der Waals surface area contributed by atoms with Gasteiger partial charge in [0, 0.05) is 24.9 Å². The topological polar surface area (TPSA) is 71.1 Å². The third-order valence-electron chi connectivity index (χ3n) is 4.77. The largest absolute Gasteiger partial charge is 0.462 e. The van der Waals surface area contributed by atoms with Crippen LogP contribution in [0.25, 0.3) is 0 Å². The summed E-state index contributed by atoms with van der Waals surface area (Å²) in [5, 5.41) is 13.0. The smallest absolute Gasteiger partial charge is 0.316 e. The van der Waals surface area contributed by atoms with Crippen molar-refractivity contribution in [3.63, 3.8) is 0 Å². The van der Waals surface area contributed by atoms with E-state index in [0.717, 1.165) is 18.4 Å². The van der Waals surface area contributed by atoms with Crippen LogP contribution in [-0.2, 0) is 14.3 Å². The minimum atomic E-state index is -0.593. The number of morpholine rings is 1. The van der Waals surface area contributed by atoms with Crippen LogP contribution in [-0.4, -0.2) is 48.1 Å². The molecule has 3 heterocycles. The lowest BCUT2D eigenvalue weighted by atomic mass is 9.98. The van der Waals surface area contributed by atoms with Gasteiger partial charge in [0.1, 0.15) is 24.2 Å². The van der Waals surface area contributed by atoms with Crippen LogP contribution in [0.4, 0.5) is 0 Å². The Kier molecular flexibility index (Phi) is 3.21. The number of aliphatic hydroxyl groups is 1. The van der Waals surface area contributed by atoms with Gasteiger partial charge < -0.3 is 19.9 Å². The van der Waals surface area contributed by atoms with Crippen LogP contribution in [0.2, 0.25) is 0 Å². The SMILES string of the molecule is O=C(OC1C[C@H]2N[C@H](C1)[C@H]1O[C@H]12)[C@H](CO)c1ccccc1. The highest BCUT2D eigenvalue weighted by molar-refractivity contribution is 5.78. The van der Waals surface area contributed by atoms with Crippen molar-refractivity contribution in [1.29, 1.82) is 0 Å². The Morgan fingerprint density at radius 2 is 1.95 bits per heavy atom. The number of benzene rings is 1. The molecule has 0 spiro atoms. The van der Waals surface area contributed by atoms with Gasteiger partial charge in [-0.2, -0.15) is 0 Å². The first kappa shape index (κ1) is 13.2. The highest BCUT2D eigenvalue weighted by Gasteiger charge is 2.59. The zero-order chi connectivity index (χ0) is 14.4. The number of epoxide rings is 1. The van der Waals surface area contributed by atoms with Gasteiger partial charge in [0.2, 0.25) is 0 Å². The number of ether oxygens (including phenoxy) is 2. The summed E-state index contributed by atoms with van der Waals surface area (Å²) in [4.78, 5) is 12.3. The molecule has 0 saturated carbocycles. The maximum atomic E-state index is 12.3. The van der Waals surface area contributed by atoms with Crippen LogP contribution < -0.4 is 5.32 Å². The summed E-state index contributed by atoms with van der Waals surface area (Å²) in [5.41, 5.74) is 0.799. The number of hydrogen-bond acceptors (Lipinski definition) is 5. The van der Waals surface area contributed by atoms with Crippen molar-refractivity contribution in [2.75, 3.05) is 6.61 Å². The number of piperidine rings is 1. The lowest BCUT2D eigenvalue weighted by Gasteiger charge is -2.31. The first-order chi connectivity index (χ1) is 10.3. The molecule has 112 valence electrons. The number of carbonyl (C=O) groups is 1. The second kappa shape index (κ2) is 5.09. The minimum Gasteiger partial charge on any atom is -0.462 e. The van der Waals surface area contributed by atoms with E-state index in [-0.39, 0.29) is 18.7 Å². The Morgan fingerprint density at radius 3 is 2.57 bits per heavy atom. The summed E-state index contributed by atoms with van der Waals surface area (Å²) >= 11 is 0. The monoisotopic (exact) mass is 289 g/mol. The molecule has 3 saturated heterocycles. The number of fused-ring (bicyclic) bond motifs is 5. The zero-order valence-corrected chi connectivity index (χ0v) is 11.6.